The molecule has 1 aliphatic carbocycles. The van der Waals surface area contributed by atoms with Gasteiger partial charge in [0, 0.05) is 144 Å². The van der Waals surface area contributed by atoms with E-state index in [1.54, 1.807) is 5.20 Å². The Bertz CT molecular complexity index is 1920. The van der Waals surface area contributed by atoms with E-state index in [0.717, 1.165) is 0 Å². The zero-order chi connectivity index (χ0) is 44.4. The lowest BCUT2D eigenvalue weighted by molar-refractivity contribution is 0.851. The summed E-state index contributed by atoms with van der Waals surface area (Å²) in [6.07, 6.45) is 0. The third-order valence-electron chi connectivity index (χ3n) is 12.9. The highest BCUT2D eigenvalue weighted by molar-refractivity contribution is 7.18. The molecule has 1 atom stereocenters. The summed E-state index contributed by atoms with van der Waals surface area (Å²) in [6, 6.07) is 7.81. The maximum atomic E-state index is 2.60. The van der Waals surface area contributed by atoms with Crippen LogP contribution in [0.1, 0.15) is 44.4 Å². The van der Waals surface area contributed by atoms with E-state index in [0.29, 0.717) is 0 Å². The lowest BCUT2D eigenvalue weighted by atomic mass is 10.0. The highest BCUT2D eigenvalue weighted by atomic mass is 28.3. The first-order chi connectivity index (χ1) is 26.7. The predicted molar refractivity (Wildman–Crippen MR) is 267 cm³/mol. The minimum absolute atomic E-state index is 0.206. The van der Waals surface area contributed by atoms with Crippen LogP contribution < -0.4 is 59.7 Å². The second kappa shape index (κ2) is 16.7. The molecule has 0 aliphatic heterocycles. The quantitative estimate of drug-likeness (QED) is 0.142. The van der Waals surface area contributed by atoms with Gasteiger partial charge in [-0.3, -0.25) is 0 Å². The maximum Gasteiger partial charge on any atom is 0.183 e. The molecule has 0 radical (unpaired) electrons. The molecule has 1 unspecified atom stereocenters. The first-order valence-corrected chi connectivity index (χ1v) is 22.7. The van der Waals surface area contributed by atoms with Gasteiger partial charge >= 0.3 is 0 Å². The molecule has 0 amide bonds. The maximum absolute atomic E-state index is 3.50. The standard InChI is InChI=1S/C48H79N9Si/c1-29-30(2)32(4)48(31(29)3)58(39-26-36(49(8)9)33(5)42(52(14)15)45(39)55(20)21,40-27-37(50(10)11)34(6)43(53(16)17)46(40)56(22)23)41-28-38(51(12)13)35(7)44(54(18)19)47(41)57(24)25/h26-28,31H,1-25H3. The van der Waals surface area contributed by atoms with Gasteiger partial charge in [-0.1, -0.05) is 23.3 Å². The molecule has 9 nitrogen and oxygen atoms in total. The third-order valence-corrected chi connectivity index (χ3v) is 18.1. The average Bonchev–Trinajstić information content (AvgIpc) is 3.29. The van der Waals surface area contributed by atoms with Crippen LogP contribution >= 0.6 is 0 Å². The first-order valence-electron chi connectivity index (χ1n) is 20.7. The molecule has 320 valence electrons. The van der Waals surface area contributed by atoms with Gasteiger partial charge in [-0.05, 0) is 103 Å². The van der Waals surface area contributed by atoms with Gasteiger partial charge < -0.3 is 44.1 Å². The Labute approximate surface area is 355 Å². The molecule has 0 saturated carbocycles. The highest BCUT2D eigenvalue weighted by Crippen LogP contribution is 2.49. The lowest BCUT2D eigenvalue weighted by Crippen LogP contribution is -2.72. The van der Waals surface area contributed by atoms with E-state index < -0.39 is 8.07 Å². The van der Waals surface area contributed by atoms with E-state index in [1.807, 2.05) is 0 Å². The van der Waals surface area contributed by atoms with Crippen LogP contribution in [0.15, 0.2) is 40.1 Å². The zero-order valence-electron chi connectivity index (χ0n) is 41.3. The van der Waals surface area contributed by atoms with Gasteiger partial charge in [0.1, 0.15) is 0 Å². The van der Waals surface area contributed by atoms with Crippen LogP contribution in [-0.2, 0) is 0 Å². The summed E-state index contributed by atoms with van der Waals surface area (Å²) in [7, 11) is 36.6. The molecule has 3 aromatic carbocycles. The van der Waals surface area contributed by atoms with Crippen molar-refractivity contribution in [2.45, 2.75) is 48.5 Å². The van der Waals surface area contributed by atoms with E-state index >= 15 is 0 Å². The van der Waals surface area contributed by atoms with Gasteiger partial charge in [-0.2, -0.15) is 0 Å². The summed E-state index contributed by atoms with van der Waals surface area (Å²) in [5, 5.41) is 5.78. The van der Waals surface area contributed by atoms with Crippen LogP contribution in [-0.4, -0.2) is 135 Å². The van der Waals surface area contributed by atoms with Gasteiger partial charge in [-0.25, -0.2) is 0 Å². The molecule has 0 saturated heterocycles. The Morgan fingerprint density at radius 1 is 0.345 bits per heavy atom. The second-order valence-electron chi connectivity index (χ2n) is 18.7. The minimum Gasteiger partial charge on any atom is -0.377 e. The predicted octanol–water partition coefficient (Wildman–Crippen LogP) is 6.52. The van der Waals surface area contributed by atoms with E-state index in [1.165, 1.54) is 100 Å². The molecule has 4 rings (SSSR count). The fourth-order valence-corrected chi connectivity index (χ4v) is 16.8. The molecule has 0 fully saturated rings. The molecule has 3 aromatic rings. The number of rotatable bonds is 13. The largest absolute Gasteiger partial charge is 0.377 e. The van der Waals surface area contributed by atoms with Gasteiger partial charge in [0.05, 0.1) is 34.1 Å². The molecule has 0 N–H and O–H groups in total. The molecule has 10 heteroatoms. The van der Waals surface area contributed by atoms with Crippen molar-refractivity contribution >= 4 is 74.8 Å². The Morgan fingerprint density at radius 3 is 0.759 bits per heavy atom. The SMILES string of the molecule is CC1=C(C)C(C)C([Si](c2cc(N(C)C)c(C)c(N(C)C)c2N(C)C)(c2cc(N(C)C)c(C)c(N(C)C)c2N(C)C)c2cc(N(C)C)c(C)c(N(C)C)c2N(C)C)=C1C. The fraction of sp³-hybridized carbons (Fsp3) is 0.542. The lowest BCUT2D eigenvalue weighted by Gasteiger charge is -2.47. The summed E-state index contributed by atoms with van der Waals surface area (Å²) in [4.78, 5) is 21.3. The number of anilines is 9. The smallest absolute Gasteiger partial charge is 0.183 e. The Balaban J connectivity index is 2.81. The normalized spacial score (nSPS) is 14.3. The van der Waals surface area contributed by atoms with Crippen molar-refractivity contribution in [3.05, 3.63) is 56.8 Å². The van der Waals surface area contributed by atoms with Crippen molar-refractivity contribution in [3.8, 4) is 0 Å². The first kappa shape index (κ1) is 46.2. The van der Waals surface area contributed by atoms with Crippen molar-refractivity contribution in [2.75, 3.05) is 171 Å². The van der Waals surface area contributed by atoms with Crippen molar-refractivity contribution < 1.29 is 0 Å². The molecule has 0 aromatic heterocycles. The van der Waals surface area contributed by atoms with E-state index in [4.69, 9.17) is 0 Å². The number of benzene rings is 3. The molecule has 58 heavy (non-hydrogen) atoms. The third kappa shape index (κ3) is 7.17. The summed E-state index contributed by atoms with van der Waals surface area (Å²) in [5.41, 5.74) is 19.5. The molecular weight excluding hydrogens is 731 g/mol. The van der Waals surface area contributed by atoms with Crippen LogP contribution in [0.3, 0.4) is 0 Å². The monoisotopic (exact) mass is 810 g/mol. The van der Waals surface area contributed by atoms with Crippen LogP contribution in [0, 0.1) is 26.7 Å². The molecule has 0 spiro atoms. The fourth-order valence-electron chi connectivity index (χ4n) is 10.3. The van der Waals surface area contributed by atoms with Crippen molar-refractivity contribution in [1.29, 1.82) is 0 Å². The number of hydrogen-bond donors (Lipinski definition) is 0. The van der Waals surface area contributed by atoms with Gasteiger partial charge in [0.25, 0.3) is 0 Å². The topological polar surface area (TPSA) is 29.2 Å². The van der Waals surface area contributed by atoms with Crippen molar-refractivity contribution in [1.82, 2.24) is 0 Å². The summed E-state index contributed by atoms with van der Waals surface area (Å²) >= 11 is 0. The van der Waals surface area contributed by atoms with Gasteiger partial charge in [0.15, 0.2) is 8.07 Å². The van der Waals surface area contributed by atoms with E-state index in [2.05, 4.69) is 238 Å². The van der Waals surface area contributed by atoms with Crippen molar-refractivity contribution in [2.24, 2.45) is 5.92 Å². The zero-order valence-corrected chi connectivity index (χ0v) is 42.3. The summed E-state index contributed by atoms with van der Waals surface area (Å²) in [5.74, 6) is 0.206. The van der Waals surface area contributed by atoms with Gasteiger partial charge in [0.2, 0.25) is 0 Å². The molecular formula is C48H79N9Si. The van der Waals surface area contributed by atoms with E-state index in [-0.39, 0.29) is 5.92 Å². The minimum atomic E-state index is -3.50. The summed E-state index contributed by atoms with van der Waals surface area (Å²) in [6.45, 7) is 16.6. The van der Waals surface area contributed by atoms with Crippen LogP contribution in [0.25, 0.3) is 0 Å². The van der Waals surface area contributed by atoms with Crippen LogP contribution in [0.2, 0.25) is 0 Å². The van der Waals surface area contributed by atoms with Gasteiger partial charge in [-0.15, -0.1) is 0 Å². The summed E-state index contributed by atoms with van der Waals surface area (Å²) < 4.78 is 0. The second-order valence-corrected chi connectivity index (χ2v) is 22.3. The average molecular weight is 810 g/mol. The number of allylic oxidation sites excluding steroid dienone is 4. The van der Waals surface area contributed by atoms with Crippen LogP contribution in [0.4, 0.5) is 51.2 Å². The van der Waals surface area contributed by atoms with E-state index in [9.17, 15) is 0 Å². The Morgan fingerprint density at radius 2 is 0.586 bits per heavy atom. The molecule has 0 heterocycles. The molecule has 1 aliphatic rings. The Kier molecular flexibility index (Phi) is 13.3. The van der Waals surface area contributed by atoms with Crippen LogP contribution in [0.5, 0.6) is 0 Å². The Hall–Kier alpha value is -4.44. The number of nitrogens with zero attached hydrogens (tertiary/aromatic N) is 9. The number of hydrogen-bond acceptors (Lipinski definition) is 9. The molecule has 0 bridgehead atoms. The highest BCUT2D eigenvalue weighted by Gasteiger charge is 2.54. The van der Waals surface area contributed by atoms with Crippen molar-refractivity contribution in [3.63, 3.8) is 0 Å².